The first-order chi connectivity index (χ1) is 7.63. The van der Waals surface area contributed by atoms with Crippen LogP contribution in [0, 0.1) is 5.92 Å². The molecular formula is C12H21NO3. The minimum absolute atomic E-state index is 0.151. The van der Waals surface area contributed by atoms with Crippen molar-refractivity contribution in [3.05, 3.63) is 0 Å². The van der Waals surface area contributed by atoms with E-state index < -0.39 is 0 Å². The molecule has 0 aromatic heterocycles. The number of hydrogen-bond donors (Lipinski definition) is 1. The van der Waals surface area contributed by atoms with Gasteiger partial charge in [0.1, 0.15) is 5.60 Å². The summed E-state index contributed by atoms with van der Waals surface area (Å²) in [6.07, 6.45) is 4.70. The van der Waals surface area contributed by atoms with Gasteiger partial charge in [-0.15, -0.1) is 0 Å². The molecular weight excluding hydrogens is 206 g/mol. The Morgan fingerprint density at radius 1 is 1.44 bits per heavy atom. The third-order valence-corrected chi connectivity index (χ3v) is 3.70. The van der Waals surface area contributed by atoms with E-state index in [1.54, 1.807) is 4.90 Å². The molecule has 0 bridgehead atoms. The monoisotopic (exact) mass is 227 g/mol. The quantitative estimate of drug-likeness (QED) is 0.799. The van der Waals surface area contributed by atoms with Crippen LogP contribution in [0.3, 0.4) is 0 Å². The Balaban J connectivity index is 1.73. The Hall–Kier alpha value is -0.770. The summed E-state index contributed by atoms with van der Waals surface area (Å²) in [6.45, 7) is 3.80. The van der Waals surface area contributed by atoms with E-state index in [0.29, 0.717) is 5.92 Å². The van der Waals surface area contributed by atoms with Crippen LogP contribution in [0.4, 0.5) is 4.79 Å². The predicted octanol–water partition coefficient (Wildman–Crippen LogP) is 1.77. The van der Waals surface area contributed by atoms with Crippen molar-refractivity contribution in [1.82, 2.24) is 4.90 Å². The van der Waals surface area contributed by atoms with Gasteiger partial charge in [-0.25, -0.2) is 4.79 Å². The van der Waals surface area contributed by atoms with E-state index in [0.717, 1.165) is 45.2 Å². The molecule has 0 aromatic rings. The maximum absolute atomic E-state index is 11.8. The number of aliphatic hydroxyl groups excluding tert-OH is 1. The number of hydrogen-bond acceptors (Lipinski definition) is 3. The molecule has 1 N–H and O–H groups in total. The molecule has 4 heteroatoms. The first kappa shape index (κ1) is 11.7. The fourth-order valence-corrected chi connectivity index (χ4v) is 2.14. The Kier molecular flexibility index (Phi) is 3.38. The lowest BCUT2D eigenvalue weighted by Crippen LogP contribution is -2.40. The molecule has 16 heavy (non-hydrogen) atoms. The summed E-state index contributed by atoms with van der Waals surface area (Å²) in [5.74, 6) is 0.575. The van der Waals surface area contributed by atoms with E-state index >= 15 is 0 Å². The van der Waals surface area contributed by atoms with Gasteiger partial charge >= 0.3 is 6.09 Å². The highest BCUT2D eigenvalue weighted by molar-refractivity contribution is 5.68. The number of carbonyl (C=O) groups is 1. The lowest BCUT2D eigenvalue weighted by Gasteiger charge is -2.31. The lowest BCUT2D eigenvalue weighted by atomic mass is 9.94. The number of nitrogens with zero attached hydrogens (tertiary/aromatic N) is 1. The molecule has 2 rings (SSSR count). The third kappa shape index (κ3) is 2.88. The van der Waals surface area contributed by atoms with Crippen LogP contribution in [-0.2, 0) is 4.74 Å². The van der Waals surface area contributed by atoms with Gasteiger partial charge in [0, 0.05) is 19.7 Å². The summed E-state index contributed by atoms with van der Waals surface area (Å²) in [5.41, 5.74) is -0.168. The molecule has 4 nitrogen and oxygen atoms in total. The first-order valence-electron chi connectivity index (χ1n) is 6.22. The molecule has 1 amide bonds. The largest absolute Gasteiger partial charge is 0.443 e. The summed E-state index contributed by atoms with van der Waals surface area (Å²) in [7, 11) is 0. The standard InChI is InChI=1S/C12H21NO3/c1-12(5-6-12)16-11(15)13-7-2-10(3-8-13)4-9-14/h10,14H,2-9H2,1H3. The van der Waals surface area contributed by atoms with Gasteiger partial charge in [-0.2, -0.15) is 0 Å². The van der Waals surface area contributed by atoms with Crippen LogP contribution in [0.5, 0.6) is 0 Å². The van der Waals surface area contributed by atoms with Crippen molar-refractivity contribution in [2.45, 2.75) is 44.6 Å². The van der Waals surface area contributed by atoms with Gasteiger partial charge in [0.2, 0.25) is 0 Å². The van der Waals surface area contributed by atoms with Crippen molar-refractivity contribution in [3.63, 3.8) is 0 Å². The van der Waals surface area contributed by atoms with Crippen molar-refractivity contribution >= 4 is 6.09 Å². The second-order valence-electron chi connectivity index (χ2n) is 5.26. The summed E-state index contributed by atoms with van der Waals surface area (Å²) in [4.78, 5) is 13.6. The summed E-state index contributed by atoms with van der Waals surface area (Å²) in [6, 6.07) is 0. The molecule has 0 radical (unpaired) electrons. The molecule has 0 spiro atoms. The smallest absolute Gasteiger partial charge is 0.410 e. The van der Waals surface area contributed by atoms with E-state index in [1.165, 1.54) is 0 Å². The van der Waals surface area contributed by atoms with E-state index in [4.69, 9.17) is 9.84 Å². The minimum Gasteiger partial charge on any atom is -0.443 e. The zero-order valence-electron chi connectivity index (χ0n) is 9.95. The van der Waals surface area contributed by atoms with E-state index in [2.05, 4.69) is 0 Å². The Bertz CT molecular complexity index is 255. The van der Waals surface area contributed by atoms with Crippen LogP contribution in [0.15, 0.2) is 0 Å². The fourth-order valence-electron chi connectivity index (χ4n) is 2.14. The van der Waals surface area contributed by atoms with E-state index in [9.17, 15) is 4.79 Å². The summed E-state index contributed by atoms with van der Waals surface area (Å²) in [5, 5.41) is 8.85. The maximum atomic E-state index is 11.8. The van der Waals surface area contributed by atoms with Crippen molar-refractivity contribution in [2.24, 2.45) is 5.92 Å². The number of likely N-dealkylation sites (tertiary alicyclic amines) is 1. The van der Waals surface area contributed by atoms with Crippen molar-refractivity contribution < 1.29 is 14.6 Å². The van der Waals surface area contributed by atoms with Gasteiger partial charge in [-0.05, 0) is 44.9 Å². The topological polar surface area (TPSA) is 49.8 Å². The summed E-state index contributed by atoms with van der Waals surface area (Å²) < 4.78 is 5.42. The van der Waals surface area contributed by atoms with Gasteiger partial charge in [0.25, 0.3) is 0 Å². The zero-order chi connectivity index (χ0) is 11.6. The van der Waals surface area contributed by atoms with E-state index in [1.807, 2.05) is 6.92 Å². The van der Waals surface area contributed by atoms with Crippen LogP contribution in [-0.4, -0.2) is 41.4 Å². The number of amides is 1. The molecule has 0 unspecified atom stereocenters. The van der Waals surface area contributed by atoms with Crippen LogP contribution in [0.1, 0.15) is 39.0 Å². The first-order valence-corrected chi connectivity index (χ1v) is 6.22. The molecule has 2 fully saturated rings. The fraction of sp³-hybridized carbons (Fsp3) is 0.917. The summed E-state index contributed by atoms with van der Waals surface area (Å²) >= 11 is 0. The number of piperidine rings is 1. The Labute approximate surface area is 96.6 Å². The Morgan fingerprint density at radius 2 is 2.06 bits per heavy atom. The average Bonchev–Trinajstić information content (AvgIpc) is 2.97. The molecule has 2 aliphatic rings. The van der Waals surface area contributed by atoms with Crippen LogP contribution in [0.25, 0.3) is 0 Å². The van der Waals surface area contributed by atoms with Gasteiger partial charge in [0.15, 0.2) is 0 Å². The average molecular weight is 227 g/mol. The SMILES string of the molecule is CC1(OC(=O)N2CCC(CCO)CC2)CC1. The van der Waals surface area contributed by atoms with Crippen molar-refractivity contribution in [2.75, 3.05) is 19.7 Å². The molecule has 92 valence electrons. The van der Waals surface area contributed by atoms with Crippen LogP contribution >= 0.6 is 0 Å². The Morgan fingerprint density at radius 3 is 2.56 bits per heavy atom. The molecule has 1 aliphatic heterocycles. The highest BCUT2D eigenvalue weighted by atomic mass is 16.6. The van der Waals surface area contributed by atoms with Gasteiger partial charge in [-0.3, -0.25) is 0 Å². The molecule has 1 saturated heterocycles. The van der Waals surface area contributed by atoms with Crippen LogP contribution < -0.4 is 0 Å². The van der Waals surface area contributed by atoms with Gasteiger partial charge in [-0.1, -0.05) is 0 Å². The van der Waals surface area contributed by atoms with Crippen molar-refractivity contribution in [3.8, 4) is 0 Å². The maximum Gasteiger partial charge on any atom is 0.410 e. The number of carbonyl (C=O) groups excluding carboxylic acids is 1. The number of aliphatic hydroxyl groups is 1. The van der Waals surface area contributed by atoms with Gasteiger partial charge in [0.05, 0.1) is 0 Å². The highest BCUT2D eigenvalue weighted by Gasteiger charge is 2.42. The van der Waals surface area contributed by atoms with E-state index in [-0.39, 0.29) is 18.3 Å². The van der Waals surface area contributed by atoms with Crippen LogP contribution in [0.2, 0.25) is 0 Å². The number of rotatable bonds is 3. The number of ether oxygens (including phenoxy) is 1. The lowest BCUT2D eigenvalue weighted by molar-refractivity contribution is 0.0475. The molecule has 0 aromatic carbocycles. The zero-order valence-corrected chi connectivity index (χ0v) is 9.95. The molecule has 1 saturated carbocycles. The highest BCUT2D eigenvalue weighted by Crippen LogP contribution is 2.39. The normalized spacial score (nSPS) is 24.2. The third-order valence-electron chi connectivity index (χ3n) is 3.70. The molecule has 1 heterocycles. The van der Waals surface area contributed by atoms with Crippen molar-refractivity contribution in [1.29, 1.82) is 0 Å². The molecule has 1 aliphatic carbocycles. The second kappa shape index (κ2) is 4.62. The minimum atomic E-state index is -0.168. The second-order valence-corrected chi connectivity index (χ2v) is 5.26. The molecule has 0 atom stereocenters. The predicted molar refractivity (Wildman–Crippen MR) is 60.1 cm³/mol. The van der Waals surface area contributed by atoms with Gasteiger partial charge < -0.3 is 14.7 Å².